The highest BCUT2D eigenvalue weighted by atomic mass is 16.1. The van der Waals surface area contributed by atoms with Crippen molar-refractivity contribution in [2.24, 2.45) is 0 Å². The highest BCUT2D eigenvalue weighted by Crippen LogP contribution is 2.23. The minimum absolute atomic E-state index is 0.0551. The van der Waals surface area contributed by atoms with Gasteiger partial charge in [-0.2, -0.15) is 0 Å². The normalized spacial score (nSPS) is 11.2. The largest absolute Gasteiger partial charge is 0.322 e. The van der Waals surface area contributed by atoms with E-state index in [0.29, 0.717) is 0 Å². The molecule has 3 rings (SSSR count). The fourth-order valence-corrected chi connectivity index (χ4v) is 2.70. The summed E-state index contributed by atoms with van der Waals surface area (Å²) in [6.45, 7) is 7.96. The van der Waals surface area contributed by atoms with Crippen molar-refractivity contribution in [3.63, 3.8) is 0 Å². The second-order valence-electron chi connectivity index (χ2n) is 5.30. The number of imidazole rings is 1. The number of aromatic nitrogens is 3. The van der Waals surface area contributed by atoms with Gasteiger partial charge in [0.2, 0.25) is 5.56 Å². The zero-order valence-electron chi connectivity index (χ0n) is 12.1. The molecule has 0 bridgehead atoms. The minimum Gasteiger partial charge on any atom is -0.322 e. The number of fused-ring (bicyclic) bond motifs is 1. The molecule has 1 aromatic carbocycles. The van der Waals surface area contributed by atoms with Crippen molar-refractivity contribution in [1.82, 2.24) is 14.5 Å². The van der Waals surface area contributed by atoms with Crippen LogP contribution >= 0.6 is 0 Å². The molecule has 2 aromatic heterocycles. The summed E-state index contributed by atoms with van der Waals surface area (Å²) >= 11 is 0. The van der Waals surface area contributed by atoms with E-state index >= 15 is 0 Å². The number of pyridine rings is 1. The Morgan fingerprint density at radius 2 is 1.80 bits per heavy atom. The number of hydrogen-bond donors (Lipinski definition) is 1. The molecule has 102 valence electrons. The van der Waals surface area contributed by atoms with Gasteiger partial charge in [0.15, 0.2) is 0 Å². The molecule has 0 atom stereocenters. The monoisotopic (exact) mass is 267 g/mol. The van der Waals surface area contributed by atoms with Gasteiger partial charge in [-0.25, -0.2) is 4.98 Å². The van der Waals surface area contributed by atoms with Crippen LogP contribution in [-0.2, 0) is 0 Å². The number of aryl methyl sites for hydroxylation is 4. The summed E-state index contributed by atoms with van der Waals surface area (Å²) in [6.07, 6.45) is 2.02. The lowest BCUT2D eigenvalue weighted by Gasteiger charge is -2.11. The van der Waals surface area contributed by atoms with Gasteiger partial charge in [0.25, 0.3) is 0 Å². The van der Waals surface area contributed by atoms with Crippen molar-refractivity contribution >= 4 is 10.9 Å². The van der Waals surface area contributed by atoms with Crippen LogP contribution in [0.1, 0.15) is 22.6 Å². The lowest BCUT2D eigenvalue weighted by Crippen LogP contribution is -2.07. The summed E-state index contributed by atoms with van der Waals surface area (Å²) in [5.74, 6) is 0.961. The Bertz CT molecular complexity index is 871. The molecule has 1 N–H and O–H groups in total. The lowest BCUT2D eigenvalue weighted by molar-refractivity contribution is 0.974. The third-order valence-electron chi connectivity index (χ3n) is 3.62. The van der Waals surface area contributed by atoms with Crippen LogP contribution < -0.4 is 5.56 Å². The van der Waals surface area contributed by atoms with Crippen LogP contribution in [0.5, 0.6) is 0 Å². The smallest absolute Gasteiger partial charge is 0.248 e. The van der Waals surface area contributed by atoms with Crippen LogP contribution in [0, 0.1) is 27.7 Å². The predicted molar refractivity (Wildman–Crippen MR) is 80.6 cm³/mol. The average Bonchev–Trinajstić information content (AvgIpc) is 2.69. The summed E-state index contributed by atoms with van der Waals surface area (Å²) in [7, 11) is 0. The van der Waals surface area contributed by atoms with Crippen LogP contribution in [0.25, 0.3) is 16.6 Å². The van der Waals surface area contributed by atoms with Crippen molar-refractivity contribution < 1.29 is 0 Å². The topological polar surface area (TPSA) is 50.7 Å². The average molecular weight is 267 g/mol. The molecule has 4 nitrogen and oxygen atoms in total. The Kier molecular flexibility index (Phi) is 2.74. The van der Waals surface area contributed by atoms with Crippen molar-refractivity contribution in [3.05, 3.63) is 57.4 Å². The zero-order chi connectivity index (χ0) is 14.4. The van der Waals surface area contributed by atoms with Crippen LogP contribution in [0.15, 0.2) is 29.2 Å². The van der Waals surface area contributed by atoms with Gasteiger partial charge < -0.3 is 9.55 Å². The molecule has 0 spiro atoms. The highest BCUT2D eigenvalue weighted by molar-refractivity contribution is 5.86. The molecule has 0 aliphatic carbocycles. The third-order valence-corrected chi connectivity index (χ3v) is 3.62. The minimum atomic E-state index is -0.0551. The molecule has 0 aliphatic rings. The first-order valence-corrected chi connectivity index (χ1v) is 6.63. The van der Waals surface area contributed by atoms with Gasteiger partial charge in [-0.1, -0.05) is 0 Å². The Labute approximate surface area is 117 Å². The molecule has 0 fully saturated rings. The number of hydrogen-bond acceptors (Lipinski definition) is 2. The van der Waals surface area contributed by atoms with Crippen molar-refractivity contribution in [3.8, 4) is 5.69 Å². The summed E-state index contributed by atoms with van der Waals surface area (Å²) in [4.78, 5) is 19.0. The van der Waals surface area contributed by atoms with Gasteiger partial charge in [0, 0.05) is 23.3 Å². The van der Waals surface area contributed by atoms with Crippen LogP contribution in [-0.4, -0.2) is 14.5 Å². The molecule has 20 heavy (non-hydrogen) atoms. The summed E-state index contributed by atoms with van der Waals surface area (Å²) < 4.78 is 2.08. The summed E-state index contributed by atoms with van der Waals surface area (Å²) in [5, 5.41) is 1.07. The molecule has 0 unspecified atom stereocenters. The Morgan fingerprint density at radius 1 is 1.05 bits per heavy atom. The lowest BCUT2D eigenvalue weighted by atomic mass is 10.1. The van der Waals surface area contributed by atoms with Gasteiger partial charge in [0.05, 0.1) is 11.2 Å². The molecule has 0 radical (unpaired) electrons. The fraction of sp³-hybridized carbons (Fsp3) is 0.250. The number of aromatic amines is 1. The molecule has 3 aromatic rings. The first kappa shape index (κ1) is 12.7. The molecule has 2 heterocycles. The number of rotatable bonds is 1. The van der Waals surface area contributed by atoms with E-state index in [-0.39, 0.29) is 5.56 Å². The van der Waals surface area contributed by atoms with E-state index in [2.05, 4.69) is 26.7 Å². The van der Waals surface area contributed by atoms with E-state index in [0.717, 1.165) is 39.2 Å². The summed E-state index contributed by atoms with van der Waals surface area (Å²) in [6, 6.07) is 5.81. The molecule has 4 heteroatoms. The molecule has 0 amide bonds. The quantitative estimate of drug-likeness (QED) is 0.737. The van der Waals surface area contributed by atoms with Gasteiger partial charge in [-0.3, -0.25) is 4.79 Å². The van der Waals surface area contributed by atoms with Crippen LogP contribution in [0.3, 0.4) is 0 Å². The maximum absolute atomic E-state index is 11.6. The maximum Gasteiger partial charge on any atom is 0.248 e. The van der Waals surface area contributed by atoms with Crippen molar-refractivity contribution in [1.29, 1.82) is 0 Å². The number of H-pyrrole nitrogens is 1. The van der Waals surface area contributed by atoms with Crippen LogP contribution in [0.4, 0.5) is 0 Å². The van der Waals surface area contributed by atoms with E-state index in [1.807, 2.05) is 33.9 Å². The Morgan fingerprint density at radius 3 is 2.45 bits per heavy atom. The summed E-state index contributed by atoms with van der Waals surface area (Å²) in [5.41, 5.74) is 4.97. The Hall–Kier alpha value is -2.36. The van der Waals surface area contributed by atoms with Crippen LogP contribution in [0.2, 0.25) is 0 Å². The van der Waals surface area contributed by atoms with Gasteiger partial charge in [-0.15, -0.1) is 0 Å². The van der Waals surface area contributed by atoms with Crippen molar-refractivity contribution in [2.75, 3.05) is 0 Å². The highest BCUT2D eigenvalue weighted by Gasteiger charge is 2.08. The van der Waals surface area contributed by atoms with Gasteiger partial charge in [0.1, 0.15) is 5.82 Å². The third kappa shape index (κ3) is 1.93. The van der Waals surface area contributed by atoms with E-state index in [1.54, 1.807) is 6.07 Å². The SMILES string of the molecule is Cc1cn(-c2cc(C)c3[nH]c(=O)cc(C)c3c2)c(C)n1. The first-order chi connectivity index (χ1) is 9.45. The Balaban J connectivity index is 2.35. The predicted octanol–water partition coefficient (Wildman–Crippen LogP) is 2.95. The van der Waals surface area contributed by atoms with Gasteiger partial charge >= 0.3 is 0 Å². The van der Waals surface area contributed by atoms with E-state index in [1.165, 1.54) is 0 Å². The zero-order valence-corrected chi connectivity index (χ0v) is 12.1. The standard InChI is InChI=1S/C16H17N3O/c1-9-6-15(20)18-16-10(2)5-13(7-14(9)16)19-8-11(3)17-12(19)4/h5-8H,1-4H3,(H,18,20). The molecular weight excluding hydrogens is 250 g/mol. The molecular formula is C16H17N3O. The van der Waals surface area contributed by atoms with Gasteiger partial charge in [-0.05, 0) is 51.0 Å². The van der Waals surface area contributed by atoms with E-state index in [9.17, 15) is 4.79 Å². The molecule has 0 saturated carbocycles. The first-order valence-electron chi connectivity index (χ1n) is 6.63. The number of benzene rings is 1. The van der Waals surface area contributed by atoms with Crippen molar-refractivity contribution in [2.45, 2.75) is 27.7 Å². The molecule has 0 aliphatic heterocycles. The number of nitrogens with one attached hydrogen (secondary N) is 1. The number of nitrogens with zero attached hydrogens (tertiary/aromatic N) is 2. The van der Waals surface area contributed by atoms with E-state index in [4.69, 9.17) is 0 Å². The van der Waals surface area contributed by atoms with E-state index < -0.39 is 0 Å². The maximum atomic E-state index is 11.6. The second kappa shape index (κ2) is 4.34. The fourth-order valence-electron chi connectivity index (χ4n) is 2.70. The second-order valence-corrected chi connectivity index (χ2v) is 5.30. The molecule has 0 saturated heterocycles.